The van der Waals surface area contributed by atoms with Gasteiger partial charge in [0.2, 0.25) is 5.91 Å². The van der Waals surface area contributed by atoms with Gasteiger partial charge in [0.05, 0.1) is 0 Å². The highest BCUT2D eigenvalue weighted by Crippen LogP contribution is 2.24. The number of nitroso groups, excluding NO2 is 1. The molecule has 0 saturated carbocycles. The van der Waals surface area contributed by atoms with E-state index in [1.165, 1.54) is 0 Å². The van der Waals surface area contributed by atoms with Crippen LogP contribution in [0.4, 0.5) is 21.9 Å². The number of benzene rings is 2. The first-order valence-electron chi connectivity index (χ1n) is 10.3. The molecule has 0 saturated heterocycles. The van der Waals surface area contributed by atoms with Crippen molar-refractivity contribution >= 4 is 29.0 Å². The molecule has 0 fully saturated rings. The van der Waals surface area contributed by atoms with Crippen molar-refractivity contribution in [3.8, 4) is 0 Å². The van der Waals surface area contributed by atoms with Crippen molar-refractivity contribution in [2.75, 3.05) is 23.3 Å². The van der Waals surface area contributed by atoms with E-state index in [1.54, 1.807) is 12.1 Å². The largest absolute Gasteiger partial charge is 0.367 e. The van der Waals surface area contributed by atoms with Crippen molar-refractivity contribution in [1.29, 1.82) is 0 Å². The van der Waals surface area contributed by atoms with Gasteiger partial charge in [0.1, 0.15) is 5.69 Å². The maximum atomic E-state index is 12.2. The summed E-state index contributed by atoms with van der Waals surface area (Å²) in [7, 11) is 0. The maximum absolute atomic E-state index is 12.2. The Hall–Kier alpha value is -3.68. The number of para-hydroxylation sites is 1. The zero-order chi connectivity index (χ0) is 22.2. The number of hydrazine groups is 1. The van der Waals surface area contributed by atoms with Crippen LogP contribution in [0.3, 0.4) is 0 Å². The summed E-state index contributed by atoms with van der Waals surface area (Å²) in [5.74, 6) is -0.267. The Morgan fingerprint density at radius 1 is 1.10 bits per heavy atom. The van der Waals surface area contributed by atoms with Crippen LogP contribution >= 0.6 is 0 Å². The van der Waals surface area contributed by atoms with E-state index in [-0.39, 0.29) is 12.3 Å². The molecule has 2 aromatic rings. The van der Waals surface area contributed by atoms with E-state index in [1.807, 2.05) is 50.3 Å². The molecule has 3 amide bonds. The highest BCUT2D eigenvalue weighted by molar-refractivity contribution is 5.92. The Bertz CT molecular complexity index is 985. The zero-order valence-corrected chi connectivity index (χ0v) is 17.8. The number of hydrogen-bond donors (Lipinski definition) is 3. The van der Waals surface area contributed by atoms with Gasteiger partial charge < -0.3 is 10.2 Å². The minimum Gasteiger partial charge on any atom is -0.367 e. The van der Waals surface area contributed by atoms with Crippen LogP contribution in [0.2, 0.25) is 0 Å². The normalized spacial score (nSPS) is 13.2. The molecular formula is C23H27N5O3. The Balaban J connectivity index is 1.46. The van der Waals surface area contributed by atoms with Crippen molar-refractivity contribution in [2.24, 2.45) is 5.18 Å². The summed E-state index contributed by atoms with van der Waals surface area (Å²) in [6.07, 6.45) is 3.80. The van der Waals surface area contributed by atoms with Crippen molar-refractivity contribution in [2.45, 2.75) is 33.1 Å². The molecule has 31 heavy (non-hydrogen) atoms. The number of nitrogens with zero attached hydrogens (tertiary/aromatic N) is 2. The molecule has 0 aliphatic carbocycles. The lowest BCUT2D eigenvalue weighted by Crippen LogP contribution is -2.44. The second-order valence-electron chi connectivity index (χ2n) is 7.43. The molecule has 1 aliphatic rings. The monoisotopic (exact) mass is 421 g/mol. The SMILES string of the molecule is CCc1cccc(C)c1NC(=O)NNC(=O)CC1=CCN(c2ccc(N=O)cc2)CC1. The molecule has 0 unspecified atom stereocenters. The topological polar surface area (TPSA) is 103 Å². The number of urea groups is 1. The smallest absolute Gasteiger partial charge is 0.337 e. The van der Waals surface area contributed by atoms with Gasteiger partial charge in [-0.3, -0.25) is 10.2 Å². The predicted octanol–water partition coefficient (Wildman–Crippen LogP) is 4.33. The number of nitrogens with one attached hydrogen (secondary N) is 3. The van der Waals surface area contributed by atoms with Crippen LogP contribution in [-0.4, -0.2) is 25.0 Å². The standard InChI is InChI=1S/C23H27N5O3/c1-3-18-6-4-5-16(2)22(18)24-23(30)26-25-21(29)15-17-11-13-28(14-12-17)20-9-7-19(27-31)8-10-20/h4-11H,3,12-15H2,1-2H3,(H,25,29)(H2,24,26,30). The zero-order valence-electron chi connectivity index (χ0n) is 17.8. The number of carbonyl (C=O) groups excluding carboxylic acids is 2. The molecule has 3 rings (SSSR count). The minimum absolute atomic E-state index is 0.229. The molecule has 0 atom stereocenters. The van der Waals surface area contributed by atoms with Crippen LogP contribution in [-0.2, 0) is 11.2 Å². The lowest BCUT2D eigenvalue weighted by molar-refractivity contribution is -0.121. The number of amides is 3. The van der Waals surface area contributed by atoms with Gasteiger partial charge >= 0.3 is 6.03 Å². The number of hydrogen-bond acceptors (Lipinski definition) is 5. The minimum atomic E-state index is -0.477. The van der Waals surface area contributed by atoms with Crippen LogP contribution in [0.1, 0.15) is 30.9 Å². The van der Waals surface area contributed by atoms with Crippen molar-refractivity contribution in [1.82, 2.24) is 10.9 Å². The first-order valence-corrected chi connectivity index (χ1v) is 10.3. The van der Waals surface area contributed by atoms with Gasteiger partial charge in [-0.2, -0.15) is 0 Å². The third-order valence-electron chi connectivity index (χ3n) is 5.31. The summed E-state index contributed by atoms with van der Waals surface area (Å²) in [5, 5.41) is 5.72. The Morgan fingerprint density at radius 2 is 1.87 bits per heavy atom. The number of aryl methyl sites for hydroxylation is 2. The van der Waals surface area contributed by atoms with Crippen LogP contribution in [0.25, 0.3) is 0 Å². The molecule has 0 aromatic heterocycles. The summed E-state index contributed by atoms with van der Waals surface area (Å²) in [4.78, 5) is 37.1. The van der Waals surface area contributed by atoms with Crippen molar-refractivity contribution in [3.05, 3.63) is 70.1 Å². The van der Waals surface area contributed by atoms with E-state index in [0.29, 0.717) is 12.2 Å². The fourth-order valence-corrected chi connectivity index (χ4v) is 3.55. The molecule has 0 spiro atoms. The van der Waals surface area contributed by atoms with Crippen LogP contribution < -0.4 is 21.1 Å². The van der Waals surface area contributed by atoms with Crippen LogP contribution in [0.5, 0.6) is 0 Å². The van der Waals surface area contributed by atoms with Gasteiger partial charge in [0.15, 0.2) is 0 Å². The maximum Gasteiger partial charge on any atom is 0.337 e. The number of rotatable bonds is 6. The number of carbonyl (C=O) groups is 2. The first kappa shape index (κ1) is 22.0. The second-order valence-corrected chi connectivity index (χ2v) is 7.43. The van der Waals surface area contributed by atoms with Crippen molar-refractivity contribution in [3.63, 3.8) is 0 Å². The summed E-state index contributed by atoms with van der Waals surface area (Å²) in [5.41, 5.74) is 10.1. The van der Waals surface area contributed by atoms with Gasteiger partial charge in [-0.1, -0.05) is 36.8 Å². The van der Waals surface area contributed by atoms with Gasteiger partial charge in [-0.05, 0) is 60.3 Å². The summed E-state index contributed by atoms with van der Waals surface area (Å²) < 4.78 is 0. The Kier molecular flexibility index (Phi) is 7.37. The molecule has 1 heterocycles. The number of anilines is 2. The van der Waals surface area contributed by atoms with E-state index in [9.17, 15) is 14.5 Å². The molecule has 3 N–H and O–H groups in total. The lowest BCUT2D eigenvalue weighted by atomic mass is 10.0. The van der Waals surface area contributed by atoms with Crippen molar-refractivity contribution < 1.29 is 9.59 Å². The van der Waals surface area contributed by atoms with Gasteiger partial charge in [-0.25, -0.2) is 10.2 Å². The van der Waals surface area contributed by atoms with E-state index in [2.05, 4.69) is 26.2 Å². The Morgan fingerprint density at radius 3 is 2.52 bits per heavy atom. The Labute approximate surface area is 181 Å². The highest BCUT2D eigenvalue weighted by Gasteiger charge is 2.15. The molecule has 8 nitrogen and oxygen atoms in total. The fourth-order valence-electron chi connectivity index (χ4n) is 3.55. The highest BCUT2D eigenvalue weighted by atomic mass is 16.3. The quantitative estimate of drug-likeness (QED) is 0.367. The molecule has 8 heteroatoms. The van der Waals surface area contributed by atoms with Gasteiger partial charge in [0.25, 0.3) is 0 Å². The predicted molar refractivity (Wildman–Crippen MR) is 122 cm³/mol. The average molecular weight is 422 g/mol. The van der Waals surface area contributed by atoms with E-state index in [0.717, 1.165) is 47.5 Å². The van der Waals surface area contributed by atoms with Gasteiger partial charge in [-0.15, -0.1) is 4.91 Å². The summed E-state index contributed by atoms with van der Waals surface area (Å²) in [6, 6.07) is 12.5. The first-order chi connectivity index (χ1) is 15.0. The van der Waals surface area contributed by atoms with E-state index in [4.69, 9.17) is 0 Å². The molecule has 0 bridgehead atoms. The molecule has 0 radical (unpaired) electrons. The van der Waals surface area contributed by atoms with Crippen LogP contribution in [0, 0.1) is 11.8 Å². The molecule has 2 aromatic carbocycles. The molecule has 162 valence electrons. The van der Waals surface area contributed by atoms with E-state index < -0.39 is 6.03 Å². The van der Waals surface area contributed by atoms with E-state index >= 15 is 0 Å². The molecular weight excluding hydrogens is 394 g/mol. The third-order valence-corrected chi connectivity index (χ3v) is 5.31. The fraction of sp³-hybridized carbons (Fsp3) is 0.304. The van der Waals surface area contributed by atoms with Crippen LogP contribution in [0.15, 0.2) is 59.3 Å². The second kappa shape index (κ2) is 10.4. The summed E-state index contributed by atoms with van der Waals surface area (Å²) >= 11 is 0. The average Bonchev–Trinajstić information content (AvgIpc) is 2.79. The molecule has 1 aliphatic heterocycles. The van der Waals surface area contributed by atoms with Gasteiger partial charge in [0, 0.05) is 30.9 Å². The summed E-state index contributed by atoms with van der Waals surface area (Å²) in [6.45, 7) is 5.40. The lowest BCUT2D eigenvalue weighted by Gasteiger charge is -2.28. The third kappa shape index (κ3) is 5.91.